The summed E-state index contributed by atoms with van der Waals surface area (Å²) in [6, 6.07) is 4.96. The van der Waals surface area contributed by atoms with E-state index >= 15 is 0 Å². The Labute approximate surface area is 166 Å². The highest BCUT2D eigenvalue weighted by Crippen LogP contribution is 2.31. The van der Waals surface area contributed by atoms with Crippen LogP contribution < -0.4 is 5.32 Å². The Bertz CT molecular complexity index is 789. The molecule has 2 amide bonds. The first-order valence-electron chi connectivity index (χ1n) is 9.07. The van der Waals surface area contributed by atoms with Crippen molar-refractivity contribution in [1.82, 2.24) is 4.90 Å². The van der Waals surface area contributed by atoms with Gasteiger partial charge in [-0.15, -0.1) is 11.8 Å². The number of amides is 2. The van der Waals surface area contributed by atoms with E-state index in [-0.39, 0.29) is 35.9 Å². The molecule has 9 heteroatoms. The molecule has 2 heterocycles. The number of fused-ring (bicyclic) bond motifs is 1. The summed E-state index contributed by atoms with van der Waals surface area (Å²) in [4.78, 5) is 50.3. The van der Waals surface area contributed by atoms with Crippen molar-refractivity contribution >= 4 is 41.2 Å². The van der Waals surface area contributed by atoms with Gasteiger partial charge in [0.15, 0.2) is 6.61 Å². The van der Waals surface area contributed by atoms with Crippen molar-refractivity contribution in [2.45, 2.75) is 24.2 Å². The molecule has 0 saturated carbocycles. The van der Waals surface area contributed by atoms with Gasteiger partial charge in [-0.3, -0.25) is 14.4 Å². The van der Waals surface area contributed by atoms with Crippen molar-refractivity contribution in [3.8, 4) is 0 Å². The second-order valence-corrected chi connectivity index (χ2v) is 7.75. The van der Waals surface area contributed by atoms with Crippen molar-refractivity contribution in [2.75, 3.05) is 37.9 Å². The van der Waals surface area contributed by atoms with Gasteiger partial charge in [0.25, 0.3) is 5.91 Å². The normalized spacial score (nSPS) is 17.2. The van der Waals surface area contributed by atoms with E-state index in [1.807, 2.05) is 0 Å². The van der Waals surface area contributed by atoms with Gasteiger partial charge < -0.3 is 19.7 Å². The molecule has 0 aromatic heterocycles. The van der Waals surface area contributed by atoms with Crippen LogP contribution in [0.1, 0.15) is 29.6 Å². The summed E-state index contributed by atoms with van der Waals surface area (Å²) in [5, 5.41) is 2.77. The molecule has 150 valence electrons. The van der Waals surface area contributed by atoms with Crippen LogP contribution in [0, 0.1) is 5.92 Å². The fourth-order valence-corrected chi connectivity index (χ4v) is 4.12. The standard InChI is InChI=1S/C19H22N2O6S/c1-26-18(24)12-4-7-21(8-5-12)17(23)11-27-19(25)13-2-3-15-14(10-13)20-16(22)6-9-28-15/h2-3,10,12H,4-9,11H2,1H3,(H,20,22). The summed E-state index contributed by atoms with van der Waals surface area (Å²) in [5.74, 6) is -0.776. The van der Waals surface area contributed by atoms with Crippen molar-refractivity contribution < 1.29 is 28.7 Å². The number of likely N-dealkylation sites (tertiary alicyclic amines) is 1. The summed E-state index contributed by atoms with van der Waals surface area (Å²) in [6.07, 6.45) is 1.49. The van der Waals surface area contributed by atoms with E-state index in [0.29, 0.717) is 43.8 Å². The van der Waals surface area contributed by atoms with Gasteiger partial charge in [-0.2, -0.15) is 0 Å². The molecule has 1 saturated heterocycles. The molecular formula is C19H22N2O6S. The first-order valence-corrected chi connectivity index (χ1v) is 10.1. The summed E-state index contributed by atoms with van der Waals surface area (Å²) >= 11 is 1.55. The first-order chi connectivity index (χ1) is 13.5. The Kier molecular flexibility index (Phi) is 6.56. The molecule has 1 aromatic carbocycles. The molecule has 2 aliphatic heterocycles. The monoisotopic (exact) mass is 406 g/mol. The number of esters is 2. The lowest BCUT2D eigenvalue weighted by molar-refractivity contribution is -0.149. The number of benzene rings is 1. The van der Waals surface area contributed by atoms with Gasteiger partial charge in [-0.05, 0) is 31.0 Å². The minimum absolute atomic E-state index is 0.0951. The SMILES string of the molecule is COC(=O)C1CCN(C(=O)COC(=O)c2ccc3c(c2)NC(=O)CCS3)CC1. The molecule has 0 unspecified atom stereocenters. The average molecular weight is 406 g/mol. The predicted octanol–water partition coefficient (Wildman–Crippen LogP) is 1.69. The lowest BCUT2D eigenvalue weighted by Crippen LogP contribution is -2.42. The number of rotatable bonds is 4. The van der Waals surface area contributed by atoms with Crippen LogP contribution in [0.25, 0.3) is 0 Å². The van der Waals surface area contributed by atoms with Crippen LogP contribution in [-0.2, 0) is 23.9 Å². The van der Waals surface area contributed by atoms with E-state index in [1.54, 1.807) is 34.9 Å². The van der Waals surface area contributed by atoms with Gasteiger partial charge in [0.2, 0.25) is 5.91 Å². The number of methoxy groups -OCH3 is 1. The van der Waals surface area contributed by atoms with Gasteiger partial charge >= 0.3 is 11.9 Å². The van der Waals surface area contributed by atoms with Crippen LogP contribution in [0.3, 0.4) is 0 Å². The molecule has 1 fully saturated rings. The highest BCUT2D eigenvalue weighted by atomic mass is 32.2. The Morgan fingerprint density at radius 1 is 1.25 bits per heavy atom. The molecule has 3 rings (SSSR count). The fraction of sp³-hybridized carbons (Fsp3) is 0.474. The lowest BCUT2D eigenvalue weighted by Gasteiger charge is -2.30. The van der Waals surface area contributed by atoms with E-state index in [1.165, 1.54) is 7.11 Å². The first kappa shape index (κ1) is 20.2. The average Bonchev–Trinajstić information content (AvgIpc) is 2.91. The maximum absolute atomic E-state index is 12.3. The van der Waals surface area contributed by atoms with Crippen LogP contribution >= 0.6 is 11.8 Å². The number of nitrogens with one attached hydrogen (secondary N) is 1. The Balaban J connectivity index is 1.52. The molecule has 1 N–H and O–H groups in total. The molecule has 28 heavy (non-hydrogen) atoms. The minimum Gasteiger partial charge on any atom is -0.469 e. The quantitative estimate of drug-likeness (QED) is 0.759. The number of ether oxygens (including phenoxy) is 2. The number of nitrogens with zero attached hydrogens (tertiary/aromatic N) is 1. The number of thioether (sulfide) groups is 1. The Hall–Kier alpha value is -2.55. The highest BCUT2D eigenvalue weighted by Gasteiger charge is 2.28. The van der Waals surface area contributed by atoms with Crippen LogP contribution in [-0.4, -0.2) is 61.2 Å². The summed E-state index contributed by atoms with van der Waals surface area (Å²) in [6.45, 7) is 0.496. The Morgan fingerprint density at radius 3 is 2.71 bits per heavy atom. The van der Waals surface area contributed by atoms with E-state index in [9.17, 15) is 19.2 Å². The number of carbonyl (C=O) groups excluding carboxylic acids is 4. The zero-order valence-electron chi connectivity index (χ0n) is 15.6. The van der Waals surface area contributed by atoms with Crippen molar-refractivity contribution in [1.29, 1.82) is 0 Å². The summed E-state index contributed by atoms with van der Waals surface area (Å²) < 4.78 is 9.87. The third-order valence-electron chi connectivity index (χ3n) is 4.78. The molecule has 1 aromatic rings. The fourth-order valence-electron chi connectivity index (χ4n) is 3.18. The smallest absolute Gasteiger partial charge is 0.338 e. The summed E-state index contributed by atoms with van der Waals surface area (Å²) in [5.41, 5.74) is 0.858. The number of piperidine rings is 1. The molecule has 8 nitrogen and oxygen atoms in total. The molecule has 0 aliphatic carbocycles. The maximum Gasteiger partial charge on any atom is 0.338 e. The number of anilines is 1. The van der Waals surface area contributed by atoms with Crippen molar-refractivity contribution in [3.05, 3.63) is 23.8 Å². The number of hydrogen-bond donors (Lipinski definition) is 1. The minimum atomic E-state index is -0.621. The van der Waals surface area contributed by atoms with Crippen LogP contribution in [0.2, 0.25) is 0 Å². The zero-order chi connectivity index (χ0) is 20.1. The van der Waals surface area contributed by atoms with E-state index in [2.05, 4.69) is 5.32 Å². The second kappa shape index (κ2) is 9.09. The third kappa shape index (κ3) is 4.83. The maximum atomic E-state index is 12.3. The third-order valence-corrected chi connectivity index (χ3v) is 5.86. The lowest BCUT2D eigenvalue weighted by atomic mass is 9.97. The van der Waals surface area contributed by atoms with Gasteiger partial charge in [-0.1, -0.05) is 0 Å². The van der Waals surface area contributed by atoms with Gasteiger partial charge in [0, 0.05) is 30.2 Å². The Morgan fingerprint density at radius 2 is 2.00 bits per heavy atom. The molecular weight excluding hydrogens is 384 g/mol. The molecule has 0 atom stereocenters. The zero-order valence-corrected chi connectivity index (χ0v) is 16.4. The molecule has 2 aliphatic rings. The largest absolute Gasteiger partial charge is 0.469 e. The second-order valence-electron chi connectivity index (χ2n) is 6.61. The van der Waals surface area contributed by atoms with Crippen molar-refractivity contribution in [2.24, 2.45) is 5.92 Å². The predicted molar refractivity (Wildman–Crippen MR) is 102 cm³/mol. The molecule has 0 bridgehead atoms. The van der Waals surface area contributed by atoms with E-state index < -0.39 is 5.97 Å². The van der Waals surface area contributed by atoms with Crippen LogP contribution in [0.15, 0.2) is 23.1 Å². The van der Waals surface area contributed by atoms with E-state index in [4.69, 9.17) is 9.47 Å². The van der Waals surface area contributed by atoms with Gasteiger partial charge in [-0.25, -0.2) is 4.79 Å². The highest BCUT2D eigenvalue weighted by molar-refractivity contribution is 7.99. The summed E-state index contributed by atoms with van der Waals surface area (Å²) in [7, 11) is 1.35. The van der Waals surface area contributed by atoms with E-state index in [0.717, 1.165) is 4.90 Å². The van der Waals surface area contributed by atoms with Crippen LogP contribution in [0.4, 0.5) is 5.69 Å². The topological polar surface area (TPSA) is 102 Å². The number of hydrogen-bond acceptors (Lipinski definition) is 7. The van der Waals surface area contributed by atoms with Gasteiger partial charge in [0.05, 0.1) is 24.3 Å². The van der Waals surface area contributed by atoms with Gasteiger partial charge in [0.1, 0.15) is 0 Å². The number of carbonyl (C=O) groups is 4. The molecule has 0 spiro atoms. The molecule has 0 radical (unpaired) electrons. The van der Waals surface area contributed by atoms with Crippen molar-refractivity contribution in [3.63, 3.8) is 0 Å². The van der Waals surface area contributed by atoms with Crippen LogP contribution in [0.5, 0.6) is 0 Å².